The second-order valence-corrected chi connectivity index (χ2v) is 9.41. The average Bonchev–Trinajstić information content (AvgIpc) is 3.31. The molecule has 0 N–H and O–H groups in total. The molecule has 166 valence electrons. The van der Waals surface area contributed by atoms with Crippen LogP contribution in [-0.4, -0.2) is 41.3 Å². The Labute approximate surface area is 198 Å². The molecule has 2 atom stereocenters. The van der Waals surface area contributed by atoms with E-state index in [9.17, 15) is 0 Å². The summed E-state index contributed by atoms with van der Waals surface area (Å²) < 4.78 is 1.20. The maximum atomic E-state index is 4.69. The van der Waals surface area contributed by atoms with Gasteiger partial charge in [0, 0.05) is 37.8 Å². The molecular weight excluding hydrogens is 426 g/mol. The number of benzene rings is 2. The first-order chi connectivity index (χ1) is 16.0. The maximum absolute atomic E-state index is 4.69. The minimum Gasteiger partial charge on any atom is -0.363 e. The van der Waals surface area contributed by atoms with Gasteiger partial charge in [-0.15, -0.1) is 11.3 Å². The average molecular weight is 454 g/mol. The molecule has 6 heteroatoms. The van der Waals surface area contributed by atoms with Crippen LogP contribution in [0.15, 0.2) is 77.4 Å². The van der Waals surface area contributed by atoms with Gasteiger partial charge in [-0.2, -0.15) is 0 Å². The molecule has 0 saturated carbocycles. The van der Waals surface area contributed by atoms with Crippen molar-refractivity contribution in [2.75, 3.05) is 19.0 Å². The molecule has 33 heavy (non-hydrogen) atoms. The summed E-state index contributed by atoms with van der Waals surface area (Å²) in [5.74, 6) is 0.955. The molecule has 1 aliphatic rings. The highest BCUT2D eigenvalue weighted by molar-refractivity contribution is 7.16. The summed E-state index contributed by atoms with van der Waals surface area (Å²) in [6.45, 7) is 4.40. The maximum Gasteiger partial charge on any atom is 0.127 e. The fourth-order valence-corrected chi connectivity index (χ4v) is 5.07. The lowest BCUT2D eigenvalue weighted by Crippen LogP contribution is -2.34. The zero-order valence-corrected chi connectivity index (χ0v) is 20.1. The Kier molecular flexibility index (Phi) is 5.68. The third-order valence-corrected chi connectivity index (χ3v) is 6.96. The van der Waals surface area contributed by atoms with E-state index >= 15 is 0 Å². The normalized spacial score (nSPS) is 16.7. The van der Waals surface area contributed by atoms with Crippen molar-refractivity contribution < 1.29 is 0 Å². The highest BCUT2D eigenvalue weighted by Gasteiger charge is 2.26. The van der Waals surface area contributed by atoms with E-state index in [4.69, 9.17) is 4.99 Å². The molecule has 0 saturated heterocycles. The first-order valence-corrected chi connectivity index (χ1v) is 12.0. The van der Waals surface area contributed by atoms with Crippen LogP contribution in [0.1, 0.15) is 31.0 Å². The predicted molar refractivity (Wildman–Crippen MR) is 140 cm³/mol. The molecular formula is C27H27N5S. The summed E-state index contributed by atoms with van der Waals surface area (Å²) in [4.78, 5) is 18.1. The number of aliphatic imine (C=N–C) groups is 1. The van der Waals surface area contributed by atoms with Gasteiger partial charge in [-0.05, 0) is 66.9 Å². The van der Waals surface area contributed by atoms with Crippen molar-refractivity contribution in [1.82, 2.24) is 14.9 Å². The van der Waals surface area contributed by atoms with E-state index in [-0.39, 0.29) is 12.2 Å². The zero-order valence-electron chi connectivity index (χ0n) is 19.3. The Morgan fingerprint density at radius 1 is 0.970 bits per heavy atom. The molecule has 0 radical (unpaired) electrons. The second kappa shape index (κ2) is 8.79. The number of nitrogens with zero attached hydrogens (tertiary/aromatic N) is 5. The Balaban J connectivity index is 1.48. The van der Waals surface area contributed by atoms with Crippen LogP contribution >= 0.6 is 11.3 Å². The summed E-state index contributed by atoms with van der Waals surface area (Å²) in [5.41, 5.74) is 8.85. The van der Waals surface area contributed by atoms with Gasteiger partial charge in [-0.1, -0.05) is 24.3 Å². The molecule has 2 unspecified atom stereocenters. The van der Waals surface area contributed by atoms with Crippen LogP contribution in [0.5, 0.6) is 0 Å². The van der Waals surface area contributed by atoms with Gasteiger partial charge in [0.25, 0.3) is 0 Å². The lowest BCUT2D eigenvalue weighted by molar-refractivity contribution is 0.252. The van der Waals surface area contributed by atoms with E-state index in [1.165, 1.54) is 27.1 Å². The van der Waals surface area contributed by atoms with Crippen LogP contribution < -0.4 is 4.90 Å². The molecule has 4 aromatic rings. The van der Waals surface area contributed by atoms with Crippen molar-refractivity contribution in [3.05, 3.63) is 83.5 Å². The fraction of sp³-hybridized carbons (Fsp3) is 0.222. The van der Waals surface area contributed by atoms with Gasteiger partial charge in [0.2, 0.25) is 0 Å². The third kappa shape index (κ3) is 4.14. The fourth-order valence-electron chi connectivity index (χ4n) is 4.35. The Morgan fingerprint density at radius 3 is 2.61 bits per heavy atom. The van der Waals surface area contributed by atoms with Crippen molar-refractivity contribution in [3.8, 4) is 11.1 Å². The van der Waals surface area contributed by atoms with Gasteiger partial charge in [0.1, 0.15) is 12.0 Å². The Morgan fingerprint density at radius 2 is 1.82 bits per heavy atom. The molecule has 5 rings (SSSR count). The van der Waals surface area contributed by atoms with Crippen LogP contribution in [0.4, 0.5) is 5.82 Å². The number of anilines is 1. The molecule has 2 aromatic heterocycles. The minimum absolute atomic E-state index is 0.0434. The zero-order chi connectivity index (χ0) is 22.9. The van der Waals surface area contributed by atoms with Crippen LogP contribution in [0, 0.1) is 0 Å². The molecule has 2 aromatic carbocycles. The van der Waals surface area contributed by atoms with Crippen LogP contribution in [-0.2, 0) is 0 Å². The summed E-state index contributed by atoms with van der Waals surface area (Å²) >= 11 is 1.68. The number of aromatic nitrogens is 2. The lowest BCUT2D eigenvalue weighted by atomic mass is 9.98. The minimum atomic E-state index is 0.0434. The van der Waals surface area contributed by atoms with Gasteiger partial charge in [0.15, 0.2) is 0 Å². The van der Waals surface area contributed by atoms with E-state index in [1.54, 1.807) is 11.3 Å². The first kappa shape index (κ1) is 21.3. The van der Waals surface area contributed by atoms with Gasteiger partial charge >= 0.3 is 0 Å². The van der Waals surface area contributed by atoms with Crippen LogP contribution in [0.25, 0.3) is 27.0 Å². The highest BCUT2D eigenvalue weighted by Crippen LogP contribution is 2.36. The highest BCUT2D eigenvalue weighted by atomic mass is 32.1. The summed E-state index contributed by atoms with van der Waals surface area (Å²) in [7, 11) is 4.01. The Bertz CT molecular complexity index is 1340. The molecule has 0 spiro atoms. The topological polar surface area (TPSA) is 44.6 Å². The number of rotatable bonds is 5. The van der Waals surface area contributed by atoms with E-state index in [1.807, 2.05) is 36.9 Å². The molecule has 0 bridgehead atoms. The van der Waals surface area contributed by atoms with Gasteiger partial charge < -0.3 is 9.80 Å². The monoisotopic (exact) mass is 453 g/mol. The second-order valence-electron chi connectivity index (χ2n) is 8.52. The van der Waals surface area contributed by atoms with Crippen molar-refractivity contribution >= 4 is 39.3 Å². The van der Waals surface area contributed by atoms with E-state index < -0.39 is 0 Å². The van der Waals surface area contributed by atoms with E-state index in [2.05, 4.69) is 89.4 Å². The standard InChI is InChI=1S/C27H27N5S/c1-18(20-6-5-7-21(14-20)23-9-11-27(29-16-23)31(3)4)32-19(2)28-13-12-25(32)22-8-10-24-26(15-22)33-17-30-24/h5-19H,1-4H3. The SMILES string of the molecule is CC1N=CC=C(c2ccc3ncsc3c2)N1C(C)c1cccc(-c2ccc(N(C)C)nc2)c1. The number of hydrogen-bond acceptors (Lipinski definition) is 6. The molecule has 1 aliphatic heterocycles. The lowest BCUT2D eigenvalue weighted by Gasteiger charge is -2.38. The molecule has 0 amide bonds. The van der Waals surface area contributed by atoms with Gasteiger partial charge in [0.05, 0.1) is 21.8 Å². The number of hydrogen-bond donors (Lipinski definition) is 0. The van der Waals surface area contributed by atoms with Crippen molar-refractivity contribution in [2.24, 2.45) is 4.99 Å². The predicted octanol–water partition coefficient (Wildman–Crippen LogP) is 6.26. The number of thiazole rings is 1. The molecule has 5 nitrogen and oxygen atoms in total. The Hall–Kier alpha value is -3.51. The van der Waals surface area contributed by atoms with Gasteiger partial charge in [-0.25, -0.2) is 9.97 Å². The molecule has 3 heterocycles. The largest absolute Gasteiger partial charge is 0.363 e. The van der Waals surface area contributed by atoms with Crippen LogP contribution in [0.2, 0.25) is 0 Å². The molecule has 0 fully saturated rings. The van der Waals surface area contributed by atoms with Gasteiger partial charge in [-0.3, -0.25) is 4.99 Å². The van der Waals surface area contributed by atoms with Crippen molar-refractivity contribution in [3.63, 3.8) is 0 Å². The smallest absolute Gasteiger partial charge is 0.127 e. The third-order valence-electron chi connectivity index (χ3n) is 6.17. The summed E-state index contributed by atoms with van der Waals surface area (Å²) in [6.07, 6.45) is 6.03. The quantitative estimate of drug-likeness (QED) is 0.358. The summed E-state index contributed by atoms with van der Waals surface area (Å²) in [6, 6.07) is 19.6. The molecule has 0 aliphatic carbocycles. The number of pyridine rings is 1. The number of allylic oxidation sites excluding steroid dienone is 1. The van der Waals surface area contributed by atoms with Crippen molar-refractivity contribution in [1.29, 1.82) is 0 Å². The van der Waals surface area contributed by atoms with Crippen molar-refractivity contribution in [2.45, 2.75) is 26.1 Å². The number of fused-ring (bicyclic) bond motifs is 1. The summed E-state index contributed by atoms with van der Waals surface area (Å²) in [5, 5.41) is 0. The first-order valence-electron chi connectivity index (χ1n) is 11.1. The van der Waals surface area contributed by atoms with E-state index in [0.29, 0.717) is 0 Å². The van der Waals surface area contributed by atoms with E-state index in [0.717, 1.165) is 16.9 Å². The van der Waals surface area contributed by atoms with Crippen LogP contribution in [0.3, 0.4) is 0 Å².